The van der Waals surface area contributed by atoms with E-state index in [0.29, 0.717) is 22.4 Å². The van der Waals surface area contributed by atoms with Crippen LogP contribution in [0, 0.1) is 0 Å². The zero-order valence-electron chi connectivity index (χ0n) is 18.1. The fourth-order valence-electron chi connectivity index (χ4n) is 3.65. The van der Waals surface area contributed by atoms with E-state index >= 15 is 0 Å². The van der Waals surface area contributed by atoms with E-state index in [0.717, 1.165) is 12.1 Å². The number of alkyl halides is 3. The Morgan fingerprint density at radius 3 is 2.12 bits per heavy atom. The summed E-state index contributed by atoms with van der Waals surface area (Å²) in [6.45, 7) is 1.93. The van der Waals surface area contributed by atoms with E-state index in [1.165, 1.54) is 16.8 Å². The van der Waals surface area contributed by atoms with Crippen molar-refractivity contribution in [1.29, 1.82) is 0 Å². The first-order valence-corrected chi connectivity index (χ1v) is 10.5. The maximum Gasteiger partial charge on any atom is 0.416 e. The quantitative estimate of drug-likeness (QED) is 0.403. The van der Waals surface area contributed by atoms with Crippen molar-refractivity contribution in [3.8, 4) is 22.4 Å². The molecule has 4 rings (SSSR count). The van der Waals surface area contributed by atoms with Crippen molar-refractivity contribution >= 4 is 11.6 Å². The molecule has 4 aromatic rings. The van der Waals surface area contributed by atoms with Crippen molar-refractivity contribution in [1.82, 2.24) is 9.78 Å². The van der Waals surface area contributed by atoms with Gasteiger partial charge in [-0.3, -0.25) is 9.59 Å². The second-order valence-corrected chi connectivity index (χ2v) is 7.48. The van der Waals surface area contributed by atoms with Crippen LogP contribution < -0.4 is 10.9 Å². The molecule has 172 valence electrons. The van der Waals surface area contributed by atoms with Crippen LogP contribution in [0.2, 0.25) is 0 Å². The highest BCUT2D eigenvalue weighted by Gasteiger charge is 2.31. The molecule has 0 aliphatic carbocycles. The van der Waals surface area contributed by atoms with Crippen LogP contribution in [-0.2, 0) is 12.7 Å². The molecule has 0 aliphatic rings. The molecule has 0 radical (unpaired) electrons. The number of nitrogens with zero attached hydrogens (tertiary/aromatic N) is 2. The lowest BCUT2D eigenvalue weighted by Gasteiger charge is -2.17. The number of amides is 1. The van der Waals surface area contributed by atoms with E-state index in [1.807, 2.05) is 30.3 Å². The Morgan fingerprint density at radius 2 is 1.53 bits per heavy atom. The van der Waals surface area contributed by atoms with Crippen LogP contribution in [-0.4, -0.2) is 15.7 Å². The number of rotatable bonds is 5. The minimum absolute atomic E-state index is 0.0700. The van der Waals surface area contributed by atoms with E-state index < -0.39 is 23.2 Å². The third kappa shape index (κ3) is 4.61. The Balaban J connectivity index is 1.93. The SMILES string of the molecule is CCn1nc(-c2ccccc2)c(-c2ccccc2)c(C(=O)Nc2cccc(C(F)(F)F)c2)c1=O. The average molecular weight is 463 g/mol. The normalized spacial score (nSPS) is 11.3. The van der Waals surface area contributed by atoms with Crippen LogP contribution >= 0.6 is 0 Å². The third-order valence-electron chi connectivity index (χ3n) is 5.24. The molecule has 8 heteroatoms. The number of aryl methyl sites for hydroxylation is 1. The summed E-state index contributed by atoms with van der Waals surface area (Å²) in [4.78, 5) is 26.7. The Labute approximate surface area is 193 Å². The summed E-state index contributed by atoms with van der Waals surface area (Å²) in [5, 5.41) is 6.98. The number of halogens is 3. The molecule has 5 nitrogen and oxygen atoms in total. The molecule has 1 heterocycles. The van der Waals surface area contributed by atoms with Gasteiger partial charge in [-0.2, -0.15) is 18.3 Å². The molecule has 34 heavy (non-hydrogen) atoms. The monoisotopic (exact) mass is 463 g/mol. The van der Waals surface area contributed by atoms with E-state index in [1.54, 1.807) is 37.3 Å². The first-order chi connectivity index (χ1) is 16.3. The van der Waals surface area contributed by atoms with Crippen molar-refractivity contribution in [3.63, 3.8) is 0 Å². The summed E-state index contributed by atoms with van der Waals surface area (Å²) in [6, 6.07) is 22.2. The lowest BCUT2D eigenvalue weighted by molar-refractivity contribution is -0.137. The number of carbonyl (C=O) groups is 1. The first kappa shape index (κ1) is 23.0. The number of benzene rings is 3. The van der Waals surface area contributed by atoms with E-state index in [-0.39, 0.29) is 17.8 Å². The summed E-state index contributed by atoms with van der Waals surface area (Å²) in [5.74, 6) is -0.815. The second-order valence-electron chi connectivity index (χ2n) is 7.48. The minimum Gasteiger partial charge on any atom is -0.322 e. The minimum atomic E-state index is -4.57. The predicted molar refractivity (Wildman–Crippen MR) is 124 cm³/mol. The molecule has 0 spiro atoms. The van der Waals surface area contributed by atoms with Crippen molar-refractivity contribution < 1.29 is 18.0 Å². The second kappa shape index (κ2) is 9.35. The van der Waals surface area contributed by atoms with Crippen LogP contribution in [0.1, 0.15) is 22.8 Å². The maximum atomic E-state index is 13.4. The lowest BCUT2D eigenvalue weighted by atomic mass is 9.95. The number of hydrogen-bond donors (Lipinski definition) is 1. The smallest absolute Gasteiger partial charge is 0.322 e. The largest absolute Gasteiger partial charge is 0.416 e. The third-order valence-corrected chi connectivity index (χ3v) is 5.24. The summed E-state index contributed by atoms with van der Waals surface area (Å²) in [5.41, 5.74) is 0.205. The molecule has 0 aliphatic heterocycles. The zero-order valence-corrected chi connectivity index (χ0v) is 18.1. The fraction of sp³-hybridized carbons (Fsp3) is 0.115. The molecule has 0 atom stereocenters. The standard InChI is InChI=1S/C26H20F3N3O2/c1-2-32-25(34)22(24(33)30-20-15-9-14-19(16-20)26(27,28)29)21(17-10-5-3-6-11-17)23(31-32)18-12-7-4-8-13-18/h3-16H,2H2,1H3,(H,30,33). The summed E-state index contributed by atoms with van der Waals surface area (Å²) in [6.07, 6.45) is -4.57. The van der Waals surface area contributed by atoms with Crippen LogP contribution in [0.15, 0.2) is 89.7 Å². The lowest BCUT2D eigenvalue weighted by Crippen LogP contribution is -2.32. The molecular weight excluding hydrogens is 443 g/mol. The highest BCUT2D eigenvalue weighted by Crippen LogP contribution is 2.33. The molecular formula is C26H20F3N3O2. The van der Waals surface area contributed by atoms with Gasteiger partial charge in [-0.1, -0.05) is 66.7 Å². The highest BCUT2D eigenvalue weighted by atomic mass is 19.4. The number of hydrogen-bond acceptors (Lipinski definition) is 3. The topological polar surface area (TPSA) is 64.0 Å². The number of aromatic nitrogens is 2. The Hall–Kier alpha value is -4.20. The van der Waals surface area contributed by atoms with Gasteiger partial charge >= 0.3 is 6.18 Å². The predicted octanol–water partition coefficient (Wildman–Crippen LogP) is 5.87. The maximum absolute atomic E-state index is 13.4. The molecule has 0 unspecified atom stereocenters. The van der Waals surface area contributed by atoms with Crippen LogP contribution in [0.4, 0.5) is 18.9 Å². The number of carbonyl (C=O) groups excluding carboxylic acids is 1. The van der Waals surface area contributed by atoms with Gasteiger partial charge in [0.25, 0.3) is 11.5 Å². The number of nitrogens with one attached hydrogen (secondary N) is 1. The molecule has 0 saturated carbocycles. The van der Waals surface area contributed by atoms with Crippen molar-refractivity contribution in [2.45, 2.75) is 19.6 Å². The summed E-state index contributed by atoms with van der Waals surface area (Å²) >= 11 is 0. The summed E-state index contributed by atoms with van der Waals surface area (Å²) in [7, 11) is 0. The Kier molecular flexibility index (Phi) is 6.32. The van der Waals surface area contributed by atoms with Gasteiger partial charge in [-0.25, -0.2) is 4.68 Å². The average Bonchev–Trinajstić information content (AvgIpc) is 2.84. The van der Waals surface area contributed by atoms with Crippen LogP contribution in [0.3, 0.4) is 0 Å². The van der Waals surface area contributed by atoms with Gasteiger partial charge in [0.2, 0.25) is 0 Å². The van der Waals surface area contributed by atoms with E-state index in [9.17, 15) is 22.8 Å². The van der Waals surface area contributed by atoms with Gasteiger partial charge in [0.05, 0.1) is 11.3 Å². The molecule has 0 bridgehead atoms. The zero-order chi connectivity index (χ0) is 24.3. The van der Waals surface area contributed by atoms with E-state index in [4.69, 9.17) is 0 Å². The van der Waals surface area contributed by atoms with Crippen LogP contribution in [0.5, 0.6) is 0 Å². The fourth-order valence-corrected chi connectivity index (χ4v) is 3.65. The van der Waals surface area contributed by atoms with Gasteiger partial charge in [0.15, 0.2) is 0 Å². The van der Waals surface area contributed by atoms with Gasteiger partial charge in [0.1, 0.15) is 5.56 Å². The molecule has 0 fully saturated rings. The Morgan fingerprint density at radius 1 is 0.912 bits per heavy atom. The Bertz CT molecular complexity index is 1380. The molecule has 0 saturated heterocycles. The molecule has 3 aromatic carbocycles. The summed E-state index contributed by atoms with van der Waals surface area (Å²) < 4.78 is 40.6. The highest BCUT2D eigenvalue weighted by molar-refractivity contribution is 6.10. The molecule has 1 aromatic heterocycles. The van der Waals surface area contributed by atoms with Crippen molar-refractivity contribution in [2.75, 3.05) is 5.32 Å². The first-order valence-electron chi connectivity index (χ1n) is 10.5. The van der Waals surface area contributed by atoms with Gasteiger partial charge in [-0.15, -0.1) is 0 Å². The van der Waals surface area contributed by atoms with Crippen molar-refractivity contribution in [3.05, 3.63) is 106 Å². The molecule has 1 amide bonds. The van der Waals surface area contributed by atoms with Crippen molar-refractivity contribution in [2.24, 2.45) is 0 Å². The van der Waals surface area contributed by atoms with E-state index in [2.05, 4.69) is 10.4 Å². The molecule has 1 N–H and O–H groups in total. The van der Waals surface area contributed by atoms with Gasteiger partial charge in [0, 0.05) is 23.4 Å². The van der Waals surface area contributed by atoms with Crippen LogP contribution in [0.25, 0.3) is 22.4 Å². The van der Waals surface area contributed by atoms with Gasteiger partial charge in [-0.05, 0) is 30.7 Å². The van der Waals surface area contributed by atoms with Gasteiger partial charge < -0.3 is 5.32 Å². The number of anilines is 1.